The Hall–Kier alpha value is -1.50. The minimum atomic E-state index is -1.14. The second-order valence-corrected chi connectivity index (χ2v) is 12.7. The van der Waals surface area contributed by atoms with E-state index in [9.17, 15) is 19.8 Å². The summed E-state index contributed by atoms with van der Waals surface area (Å²) in [6.45, 7) is 10.2. The highest BCUT2D eigenvalue weighted by atomic mass is 16.6. The van der Waals surface area contributed by atoms with E-state index < -0.39 is 17.1 Å². The lowest BCUT2D eigenvalue weighted by molar-refractivity contribution is -0.183. The fraction of sp³-hybridized carbons (Fsp3) is 0.786. The van der Waals surface area contributed by atoms with Crippen molar-refractivity contribution >= 4 is 11.8 Å². The number of ketones is 1. The van der Waals surface area contributed by atoms with Gasteiger partial charge in [0.25, 0.3) is 0 Å². The van der Waals surface area contributed by atoms with Crippen LogP contribution in [0.2, 0.25) is 0 Å². The third-order valence-electron chi connectivity index (χ3n) is 11.5. The highest BCUT2D eigenvalue weighted by Gasteiger charge is 2.78. The Balaban J connectivity index is 1.33. The minimum Gasteiger partial charge on any atom is -0.458 e. The van der Waals surface area contributed by atoms with Gasteiger partial charge < -0.3 is 19.7 Å². The Morgan fingerprint density at radius 1 is 1.18 bits per heavy atom. The number of rotatable bonds is 2. The first-order valence-corrected chi connectivity index (χ1v) is 13.1. The topological polar surface area (TPSA) is 96.4 Å². The van der Waals surface area contributed by atoms with Gasteiger partial charge in [-0.1, -0.05) is 25.5 Å². The van der Waals surface area contributed by atoms with E-state index in [0.29, 0.717) is 24.8 Å². The molecule has 0 aromatic rings. The number of esters is 1. The van der Waals surface area contributed by atoms with Crippen molar-refractivity contribution < 1.29 is 29.3 Å². The normalized spacial score (nSPS) is 54.6. The van der Waals surface area contributed by atoms with Crippen molar-refractivity contribution in [3.05, 3.63) is 23.3 Å². The van der Waals surface area contributed by atoms with Crippen LogP contribution in [0.4, 0.5) is 0 Å². The number of epoxide rings is 1. The van der Waals surface area contributed by atoms with Crippen LogP contribution in [0.5, 0.6) is 0 Å². The molecule has 186 valence electrons. The van der Waals surface area contributed by atoms with Gasteiger partial charge in [0.1, 0.15) is 17.8 Å². The molecule has 0 amide bonds. The van der Waals surface area contributed by atoms with E-state index in [0.717, 1.165) is 18.4 Å². The Labute approximate surface area is 201 Å². The molecule has 4 fully saturated rings. The molecule has 0 aromatic carbocycles. The zero-order chi connectivity index (χ0) is 24.4. The second-order valence-electron chi connectivity index (χ2n) is 12.7. The van der Waals surface area contributed by atoms with Crippen molar-refractivity contribution in [1.82, 2.24) is 0 Å². The van der Waals surface area contributed by atoms with Crippen LogP contribution in [-0.2, 0) is 19.1 Å². The van der Waals surface area contributed by atoms with Gasteiger partial charge in [0.05, 0.1) is 17.6 Å². The molecule has 3 saturated carbocycles. The fourth-order valence-electron chi connectivity index (χ4n) is 9.41. The van der Waals surface area contributed by atoms with Crippen LogP contribution in [0, 0.1) is 40.4 Å². The number of hydrogen-bond donors (Lipinski definition) is 2. The molecule has 12 atom stereocenters. The van der Waals surface area contributed by atoms with Gasteiger partial charge in [0.15, 0.2) is 5.78 Å². The van der Waals surface area contributed by atoms with Gasteiger partial charge in [0, 0.05) is 12.0 Å². The van der Waals surface area contributed by atoms with E-state index >= 15 is 0 Å². The maximum absolute atomic E-state index is 13.3. The predicted octanol–water partition coefficient (Wildman–Crippen LogP) is 3.35. The minimum absolute atomic E-state index is 0.00947. The Morgan fingerprint density at radius 3 is 2.62 bits per heavy atom. The molecule has 0 radical (unpaired) electrons. The molecule has 2 heterocycles. The molecular formula is C28H38O6. The summed E-state index contributed by atoms with van der Waals surface area (Å²) in [4.78, 5) is 25.7. The Bertz CT molecular complexity index is 1010. The van der Waals surface area contributed by atoms with Gasteiger partial charge in [-0.3, -0.25) is 4.79 Å². The molecule has 34 heavy (non-hydrogen) atoms. The summed E-state index contributed by atoms with van der Waals surface area (Å²) < 4.78 is 12.0. The van der Waals surface area contributed by atoms with Gasteiger partial charge in [-0.15, -0.1) is 0 Å². The molecule has 6 rings (SSSR count). The highest BCUT2D eigenvalue weighted by molar-refractivity contribution is 5.97. The average molecular weight is 471 g/mol. The van der Waals surface area contributed by atoms with Crippen LogP contribution in [0.25, 0.3) is 0 Å². The number of fused-ring (bicyclic) bond motifs is 8. The summed E-state index contributed by atoms with van der Waals surface area (Å²) in [7, 11) is 0. The molecule has 0 unspecified atom stereocenters. The number of carbonyl (C=O) groups excluding carboxylic acids is 2. The number of allylic oxidation sites excluding steroid dienone is 1. The summed E-state index contributed by atoms with van der Waals surface area (Å²) >= 11 is 0. The van der Waals surface area contributed by atoms with Crippen LogP contribution in [0.15, 0.2) is 23.3 Å². The number of aliphatic hydroxyl groups is 2. The number of aliphatic hydroxyl groups excluding tert-OH is 1. The van der Waals surface area contributed by atoms with Crippen LogP contribution in [0.1, 0.15) is 66.7 Å². The quantitative estimate of drug-likeness (QED) is 0.475. The zero-order valence-electron chi connectivity index (χ0n) is 20.9. The molecular weight excluding hydrogens is 432 g/mol. The first kappa shape index (κ1) is 22.9. The molecule has 6 nitrogen and oxygen atoms in total. The molecule has 6 aliphatic rings. The van der Waals surface area contributed by atoms with Gasteiger partial charge in [-0.2, -0.15) is 0 Å². The third kappa shape index (κ3) is 2.63. The van der Waals surface area contributed by atoms with E-state index in [2.05, 4.69) is 13.8 Å². The van der Waals surface area contributed by atoms with Gasteiger partial charge in [0.2, 0.25) is 0 Å². The van der Waals surface area contributed by atoms with E-state index in [1.54, 1.807) is 12.2 Å². The van der Waals surface area contributed by atoms with Crippen molar-refractivity contribution in [2.45, 2.75) is 96.7 Å². The molecule has 0 aromatic heterocycles. The van der Waals surface area contributed by atoms with E-state index in [1.165, 1.54) is 0 Å². The molecule has 2 aliphatic heterocycles. The molecule has 0 spiro atoms. The maximum Gasteiger partial charge on any atom is 0.333 e. The first-order valence-electron chi connectivity index (χ1n) is 13.1. The molecule has 2 N–H and O–H groups in total. The predicted molar refractivity (Wildman–Crippen MR) is 124 cm³/mol. The lowest BCUT2D eigenvalue weighted by Gasteiger charge is -2.60. The van der Waals surface area contributed by atoms with Crippen molar-refractivity contribution in [3.63, 3.8) is 0 Å². The van der Waals surface area contributed by atoms with Crippen LogP contribution in [-0.4, -0.2) is 52.0 Å². The average Bonchev–Trinajstić information content (AvgIpc) is 3.53. The monoisotopic (exact) mass is 470 g/mol. The first-order chi connectivity index (χ1) is 15.9. The fourth-order valence-corrected chi connectivity index (χ4v) is 9.41. The lowest BCUT2D eigenvalue weighted by Crippen LogP contribution is -2.67. The molecule has 1 saturated heterocycles. The second kappa shape index (κ2) is 7.04. The number of ether oxygens (including phenoxy) is 2. The number of cyclic esters (lactones) is 1. The van der Waals surface area contributed by atoms with Gasteiger partial charge >= 0.3 is 5.97 Å². The van der Waals surface area contributed by atoms with Gasteiger partial charge in [-0.25, -0.2) is 4.79 Å². The SMILES string of the molecule is CC1=C(C)C(=O)O[C@H]([C@@H](C)[C@@H]2[C@H](O)C[C@H]3[C@H]4[C@H]5O[C@H]5[C@@]5(O)CC=CC(=O)[C@]5(C)[C@@H]4CC[C@]23C)C1. The van der Waals surface area contributed by atoms with E-state index in [-0.39, 0.29) is 65.1 Å². The Morgan fingerprint density at radius 2 is 1.91 bits per heavy atom. The molecule has 6 heteroatoms. The number of hydrogen-bond acceptors (Lipinski definition) is 6. The Kier molecular flexibility index (Phi) is 4.75. The van der Waals surface area contributed by atoms with Crippen molar-refractivity contribution in [2.75, 3.05) is 0 Å². The van der Waals surface area contributed by atoms with Crippen molar-refractivity contribution in [3.8, 4) is 0 Å². The van der Waals surface area contributed by atoms with Crippen LogP contribution >= 0.6 is 0 Å². The highest BCUT2D eigenvalue weighted by Crippen LogP contribution is 2.71. The summed E-state index contributed by atoms with van der Waals surface area (Å²) in [5.74, 6) is 0.212. The largest absolute Gasteiger partial charge is 0.458 e. The van der Waals surface area contributed by atoms with Crippen molar-refractivity contribution in [1.29, 1.82) is 0 Å². The summed E-state index contributed by atoms with van der Waals surface area (Å²) in [6.07, 6.45) is 5.97. The van der Waals surface area contributed by atoms with E-state index in [4.69, 9.17) is 9.47 Å². The van der Waals surface area contributed by atoms with Crippen molar-refractivity contribution in [2.24, 2.45) is 40.4 Å². The lowest BCUT2D eigenvalue weighted by atomic mass is 9.43. The maximum atomic E-state index is 13.3. The third-order valence-corrected chi connectivity index (χ3v) is 11.5. The molecule has 4 aliphatic carbocycles. The summed E-state index contributed by atoms with van der Waals surface area (Å²) in [5.41, 5.74) is -0.347. The standard InChI is InChI=1S/C28H38O6/c1-13-11-19(33-25(31)14(13)2)15(3)22-18(29)12-17-21-16(8-10-26(17,22)4)27(5)20(30)7-6-9-28(27,32)24-23(21)34-24/h6-7,15-19,21-24,29,32H,8-12H2,1-5H3/t15-,16-,17+,18-,19+,21+,22-,23-,24-,26+,27+,28+/m1/s1. The summed E-state index contributed by atoms with van der Waals surface area (Å²) in [6, 6.07) is 0. The van der Waals surface area contributed by atoms with Crippen LogP contribution in [0.3, 0.4) is 0 Å². The smallest absolute Gasteiger partial charge is 0.333 e. The zero-order valence-corrected chi connectivity index (χ0v) is 20.9. The van der Waals surface area contributed by atoms with E-state index in [1.807, 2.05) is 20.8 Å². The summed E-state index contributed by atoms with van der Waals surface area (Å²) in [5, 5.41) is 23.1. The molecule has 0 bridgehead atoms. The number of carbonyl (C=O) groups is 2. The van der Waals surface area contributed by atoms with Crippen LogP contribution < -0.4 is 0 Å². The van der Waals surface area contributed by atoms with Gasteiger partial charge in [-0.05, 0) is 87.5 Å².